The second-order valence-electron chi connectivity index (χ2n) is 4.61. The highest BCUT2D eigenvalue weighted by Crippen LogP contribution is 2.12. The summed E-state index contributed by atoms with van der Waals surface area (Å²) >= 11 is 0. The lowest BCUT2D eigenvalue weighted by atomic mass is 10.1. The van der Waals surface area contributed by atoms with Crippen LogP contribution in [0.3, 0.4) is 0 Å². The molecular formula is C16H18N2. The van der Waals surface area contributed by atoms with Gasteiger partial charge in [-0.05, 0) is 39.3 Å². The summed E-state index contributed by atoms with van der Waals surface area (Å²) in [6, 6.07) is 8.40. The van der Waals surface area contributed by atoms with E-state index in [0.29, 0.717) is 0 Å². The standard InChI is InChI=1S/C16H18N2/c1-11-6-5-7-15(10-11)8-9-16-14(4)17-12(2)13(3)18-16/h5-10H,1-4H3/b9-8+. The van der Waals surface area contributed by atoms with Gasteiger partial charge in [0, 0.05) is 0 Å². The minimum absolute atomic E-state index is 0.944. The van der Waals surface area contributed by atoms with E-state index in [0.717, 1.165) is 22.8 Å². The maximum absolute atomic E-state index is 4.56. The van der Waals surface area contributed by atoms with Crippen molar-refractivity contribution in [2.75, 3.05) is 0 Å². The summed E-state index contributed by atoms with van der Waals surface area (Å²) in [6.45, 7) is 8.07. The van der Waals surface area contributed by atoms with Crippen molar-refractivity contribution in [3.8, 4) is 0 Å². The average molecular weight is 238 g/mol. The summed E-state index contributed by atoms with van der Waals surface area (Å²) in [7, 11) is 0. The highest BCUT2D eigenvalue weighted by molar-refractivity contribution is 5.69. The van der Waals surface area contributed by atoms with Gasteiger partial charge in [0.1, 0.15) is 0 Å². The lowest BCUT2D eigenvalue weighted by Gasteiger charge is -2.04. The van der Waals surface area contributed by atoms with Crippen molar-refractivity contribution in [1.29, 1.82) is 0 Å². The molecule has 2 aromatic rings. The second-order valence-corrected chi connectivity index (χ2v) is 4.61. The Morgan fingerprint density at radius 1 is 0.833 bits per heavy atom. The zero-order chi connectivity index (χ0) is 13.1. The van der Waals surface area contributed by atoms with E-state index >= 15 is 0 Å². The number of hydrogen-bond acceptors (Lipinski definition) is 2. The lowest BCUT2D eigenvalue weighted by Crippen LogP contribution is -1.98. The maximum atomic E-state index is 4.56. The maximum Gasteiger partial charge on any atom is 0.0845 e. The molecule has 0 saturated carbocycles. The molecule has 0 atom stereocenters. The third kappa shape index (κ3) is 2.83. The van der Waals surface area contributed by atoms with E-state index in [1.54, 1.807) is 0 Å². The molecule has 2 rings (SSSR count). The molecule has 0 aliphatic heterocycles. The molecule has 0 N–H and O–H groups in total. The first-order chi connectivity index (χ1) is 8.56. The molecule has 0 spiro atoms. The van der Waals surface area contributed by atoms with Crippen LogP contribution in [0, 0.1) is 27.7 Å². The SMILES string of the molecule is Cc1cccc(/C=C/c2nc(C)c(C)nc2C)c1. The molecule has 18 heavy (non-hydrogen) atoms. The van der Waals surface area contributed by atoms with Gasteiger partial charge in [0.05, 0.1) is 22.8 Å². The molecule has 92 valence electrons. The average Bonchev–Trinajstić information content (AvgIpc) is 2.32. The van der Waals surface area contributed by atoms with Crippen molar-refractivity contribution in [2.45, 2.75) is 27.7 Å². The van der Waals surface area contributed by atoms with Crippen LogP contribution in [0.1, 0.15) is 33.9 Å². The van der Waals surface area contributed by atoms with Crippen LogP contribution in [0.15, 0.2) is 24.3 Å². The Bertz CT molecular complexity index is 598. The number of aromatic nitrogens is 2. The van der Waals surface area contributed by atoms with Gasteiger partial charge in [0.15, 0.2) is 0 Å². The van der Waals surface area contributed by atoms with Crippen LogP contribution in [-0.2, 0) is 0 Å². The Morgan fingerprint density at radius 2 is 1.56 bits per heavy atom. The first-order valence-electron chi connectivity index (χ1n) is 6.13. The number of nitrogens with zero attached hydrogens (tertiary/aromatic N) is 2. The van der Waals surface area contributed by atoms with Crippen LogP contribution in [0.25, 0.3) is 12.2 Å². The molecule has 2 heteroatoms. The molecule has 0 amide bonds. The Balaban J connectivity index is 2.32. The zero-order valence-corrected chi connectivity index (χ0v) is 11.4. The zero-order valence-electron chi connectivity index (χ0n) is 11.4. The third-order valence-corrected chi connectivity index (χ3v) is 2.99. The van der Waals surface area contributed by atoms with Crippen LogP contribution >= 0.6 is 0 Å². The van der Waals surface area contributed by atoms with Crippen molar-refractivity contribution in [2.24, 2.45) is 0 Å². The second kappa shape index (κ2) is 5.13. The van der Waals surface area contributed by atoms with E-state index in [9.17, 15) is 0 Å². The van der Waals surface area contributed by atoms with Crippen LogP contribution in [0.2, 0.25) is 0 Å². The Morgan fingerprint density at radius 3 is 2.28 bits per heavy atom. The molecule has 1 aromatic heterocycles. The van der Waals surface area contributed by atoms with Crippen molar-refractivity contribution in [1.82, 2.24) is 9.97 Å². The highest BCUT2D eigenvalue weighted by atomic mass is 14.8. The van der Waals surface area contributed by atoms with Gasteiger partial charge >= 0.3 is 0 Å². The molecule has 0 radical (unpaired) electrons. The predicted molar refractivity (Wildman–Crippen MR) is 76.4 cm³/mol. The summed E-state index contributed by atoms with van der Waals surface area (Å²) in [4.78, 5) is 9.05. The van der Waals surface area contributed by atoms with E-state index in [-0.39, 0.29) is 0 Å². The molecule has 1 aromatic carbocycles. The van der Waals surface area contributed by atoms with Gasteiger partial charge in [-0.2, -0.15) is 0 Å². The largest absolute Gasteiger partial charge is 0.254 e. The van der Waals surface area contributed by atoms with E-state index in [2.05, 4.69) is 47.2 Å². The summed E-state index contributed by atoms with van der Waals surface area (Å²) in [6.07, 6.45) is 4.11. The summed E-state index contributed by atoms with van der Waals surface area (Å²) < 4.78 is 0. The van der Waals surface area contributed by atoms with E-state index in [1.807, 2.05) is 26.8 Å². The summed E-state index contributed by atoms with van der Waals surface area (Å²) in [5, 5.41) is 0. The molecule has 1 heterocycles. The molecule has 0 saturated heterocycles. The molecule has 0 unspecified atom stereocenters. The molecule has 0 fully saturated rings. The van der Waals surface area contributed by atoms with Crippen molar-refractivity contribution in [3.63, 3.8) is 0 Å². The van der Waals surface area contributed by atoms with Gasteiger partial charge in [-0.3, -0.25) is 4.98 Å². The molecule has 2 nitrogen and oxygen atoms in total. The van der Waals surface area contributed by atoms with Crippen molar-refractivity contribution >= 4 is 12.2 Å². The summed E-state index contributed by atoms with van der Waals surface area (Å²) in [5.41, 5.74) is 6.36. The quantitative estimate of drug-likeness (QED) is 0.793. The fourth-order valence-electron chi connectivity index (χ4n) is 1.84. The lowest BCUT2D eigenvalue weighted by molar-refractivity contribution is 0.991. The fraction of sp³-hybridized carbons (Fsp3) is 0.250. The topological polar surface area (TPSA) is 25.8 Å². The van der Waals surface area contributed by atoms with Gasteiger partial charge in [-0.15, -0.1) is 0 Å². The van der Waals surface area contributed by atoms with Crippen LogP contribution in [-0.4, -0.2) is 9.97 Å². The predicted octanol–water partition coefficient (Wildman–Crippen LogP) is 3.88. The Hall–Kier alpha value is -1.96. The molecule has 0 aliphatic carbocycles. The van der Waals surface area contributed by atoms with Crippen LogP contribution in [0.5, 0.6) is 0 Å². The smallest absolute Gasteiger partial charge is 0.0845 e. The van der Waals surface area contributed by atoms with Gasteiger partial charge in [-0.1, -0.05) is 35.9 Å². The number of rotatable bonds is 2. The monoisotopic (exact) mass is 238 g/mol. The third-order valence-electron chi connectivity index (χ3n) is 2.99. The van der Waals surface area contributed by atoms with E-state index < -0.39 is 0 Å². The van der Waals surface area contributed by atoms with Gasteiger partial charge in [0.25, 0.3) is 0 Å². The number of benzene rings is 1. The van der Waals surface area contributed by atoms with Gasteiger partial charge in [-0.25, -0.2) is 4.98 Å². The van der Waals surface area contributed by atoms with Crippen molar-refractivity contribution in [3.05, 3.63) is 58.2 Å². The van der Waals surface area contributed by atoms with Gasteiger partial charge in [0.2, 0.25) is 0 Å². The first-order valence-corrected chi connectivity index (χ1v) is 6.13. The molecule has 0 aliphatic rings. The van der Waals surface area contributed by atoms with Crippen molar-refractivity contribution < 1.29 is 0 Å². The molecular weight excluding hydrogens is 220 g/mol. The van der Waals surface area contributed by atoms with E-state index in [4.69, 9.17) is 0 Å². The minimum Gasteiger partial charge on any atom is -0.254 e. The number of hydrogen-bond donors (Lipinski definition) is 0. The Kier molecular flexibility index (Phi) is 3.56. The van der Waals surface area contributed by atoms with Crippen LogP contribution < -0.4 is 0 Å². The number of aryl methyl sites for hydroxylation is 4. The highest BCUT2D eigenvalue weighted by Gasteiger charge is 2.01. The molecule has 0 bridgehead atoms. The fourth-order valence-corrected chi connectivity index (χ4v) is 1.84. The first kappa shape index (κ1) is 12.5. The van der Waals surface area contributed by atoms with Crippen LogP contribution in [0.4, 0.5) is 0 Å². The summed E-state index contributed by atoms with van der Waals surface area (Å²) in [5.74, 6) is 0. The Labute approximate surface area is 108 Å². The van der Waals surface area contributed by atoms with Gasteiger partial charge < -0.3 is 0 Å². The van der Waals surface area contributed by atoms with E-state index in [1.165, 1.54) is 11.1 Å². The normalized spacial score (nSPS) is 11.1. The minimum atomic E-state index is 0.944.